The van der Waals surface area contributed by atoms with Gasteiger partial charge in [0.05, 0.1) is 0 Å². The summed E-state index contributed by atoms with van der Waals surface area (Å²) in [7, 11) is 0. The maximum atomic E-state index is 4.54. The van der Waals surface area contributed by atoms with Crippen molar-refractivity contribution in [2.75, 3.05) is 0 Å². The van der Waals surface area contributed by atoms with E-state index in [4.69, 9.17) is 0 Å². The van der Waals surface area contributed by atoms with Crippen LogP contribution in [0, 0.1) is 17.8 Å². The Balaban J connectivity index is 2.19. The first-order chi connectivity index (χ1) is 7.58. The molecule has 0 heterocycles. The molecule has 0 aromatic heterocycles. The second-order valence-corrected chi connectivity index (χ2v) is 6.63. The third-order valence-electron chi connectivity index (χ3n) is 3.65. The van der Waals surface area contributed by atoms with Crippen LogP contribution in [0.5, 0.6) is 0 Å². The number of hydrogen-bond donors (Lipinski definition) is 1. The Morgan fingerprint density at radius 3 is 2.25 bits per heavy atom. The van der Waals surface area contributed by atoms with Crippen molar-refractivity contribution in [3.63, 3.8) is 0 Å². The molecule has 0 aromatic rings. The van der Waals surface area contributed by atoms with E-state index in [0.717, 1.165) is 17.8 Å². The molecule has 1 saturated carbocycles. The van der Waals surface area contributed by atoms with Gasteiger partial charge in [-0.1, -0.05) is 39.3 Å². The first-order valence-corrected chi connectivity index (χ1v) is 7.46. The molecular formula is C15H28S. The fourth-order valence-corrected chi connectivity index (χ4v) is 2.63. The molecule has 1 aliphatic rings. The molecule has 1 aliphatic carbocycles. The molecule has 0 spiro atoms. The average Bonchev–Trinajstić information content (AvgIpc) is 2.25. The summed E-state index contributed by atoms with van der Waals surface area (Å²) in [6.45, 7) is 6.97. The summed E-state index contributed by atoms with van der Waals surface area (Å²) in [5.41, 5.74) is 0. The lowest BCUT2D eigenvalue weighted by Gasteiger charge is -2.23. The topological polar surface area (TPSA) is 0 Å². The normalized spacial score (nSPS) is 28.8. The van der Waals surface area contributed by atoms with E-state index in [0.29, 0.717) is 5.25 Å². The lowest BCUT2D eigenvalue weighted by atomic mass is 9.87. The van der Waals surface area contributed by atoms with Gasteiger partial charge >= 0.3 is 0 Å². The van der Waals surface area contributed by atoms with Gasteiger partial charge in [-0.25, -0.2) is 0 Å². The van der Waals surface area contributed by atoms with Crippen LogP contribution in [-0.4, -0.2) is 5.25 Å². The van der Waals surface area contributed by atoms with Crippen LogP contribution in [-0.2, 0) is 0 Å². The van der Waals surface area contributed by atoms with Crippen molar-refractivity contribution >= 4 is 12.6 Å². The molecule has 0 saturated heterocycles. The van der Waals surface area contributed by atoms with Crippen molar-refractivity contribution in [1.82, 2.24) is 0 Å². The minimum Gasteiger partial charge on any atom is -0.176 e. The highest BCUT2D eigenvalue weighted by atomic mass is 32.1. The van der Waals surface area contributed by atoms with Gasteiger partial charge in [0.15, 0.2) is 0 Å². The van der Waals surface area contributed by atoms with Gasteiger partial charge < -0.3 is 0 Å². The molecule has 0 N–H and O–H groups in total. The van der Waals surface area contributed by atoms with Crippen LogP contribution < -0.4 is 0 Å². The van der Waals surface area contributed by atoms with Crippen LogP contribution in [0.1, 0.15) is 59.3 Å². The summed E-state index contributed by atoms with van der Waals surface area (Å²) < 4.78 is 0. The van der Waals surface area contributed by atoms with Crippen molar-refractivity contribution in [2.45, 2.75) is 64.5 Å². The van der Waals surface area contributed by atoms with Crippen LogP contribution in [0.25, 0.3) is 0 Å². The van der Waals surface area contributed by atoms with E-state index in [-0.39, 0.29) is 0 Å². The van der Waals surface area contributed by atoms with Crippen molar-refractivity contribution < 1.29 is 0 Å². The Bertz CT molecular complexity index is 199. The van der Waals surface area contributed by atoms with Gasteiger partial charge in [0.1, 0.15) is 0 Å². The van der Waals surface area contributed by atoms with E-state index in [2.05, 4.69) is 45.6 Å². The second kappa shape index (κ2) is 7.42. The molecule has 94 valence electrons. The van der Waals surface area contributed by atoms with Gasteiger partial charge in [-0.15, -0.1) is 0 Å². The maximum absolute atomic E-state index is 4.54. The Hall–Kier alpha value is 0.0900. The smallest absolute Gasteiger partial charge is 0.00172 e. The molecule has 0 amide bonds. The zero-order chi connectivity index (χ0) is 12.0. The highest BCUT2D eigenvalue weighted by molar-refractivity contribution is 7.80. The standard InChI is InChI=1S/C15H28S/c1-12(2)4-5-13(3)6-7-14-8-10-15(16)11-9-14/h6-7,12-16H,4-5,8-11H2,1-3H3/b7-6+. The molecule has 0 bridgehead atoms. The average molecular weight is 240 g/mol. The molecule has 0 aliphatic heterocycles. The Kier molecular flexibility index (Phi) is 6.57. The highest BCUT2D eigenvalue weighted by Gasteiger charge is 2.16. The molecule has 16 heavy (non-hydrogen) atoms. The maximum Gasteiger partial charge on any atom is 0.00172 e. The van der Waals surface area contributed by atoms with Crippen molar-refractivity contribution in [2.24, 2.45) is 17.8 Å². The fourth-order valence-electron chi connectivity index (χ4n) is 2.33. The van der Waals surface area contributed by atoms with E-state index in [1.165, 1.54) is 38.5 Å². The van der Waals surface area contributed by atoms with Crippen molar-refractivity contribution in [1.29, 1.82) is 0 Å². The molecule has 0 nitrogen and oxygen atoms in total. The first-order valence-electron chi connectivity index (χ1n) is 6.94. The molecule has 0 radical (unpaired) electrons. The SMILES string of the molecule is CC(C)CCC(C)/C=C/C1CCC(S)CC1. The predicted molar refractivity (Wildman–Crippen MR) is 77.1 cm³/mol. The molecule has 1 rings (SSSR count). The molecule has 0 aromatic carbocycles. The van der Waals surface area contributed by atoms with Gasteiger partial charge in [-0.05, 0) is 49.9 Å². The van der Waals surface area contributed by atoms with Crippen LogP contribution in [0.3, 0.4) is 0 Å². The number of hydrogen-bond acceptors (Lipinski definition) is 1. The van der Waals surface area contributed by atoms with Crippen LogP contribution in [0.15, 0.2) is 12.2 Å². The largest absolute Gasteiger partial charge is 0.176 e. The van der Waals surface area contributed by atoms with E-state index >= 15 is 0 Å². The van der Waals surface area contributed by atoms with E-state index in [1.807, 2.05) is 0 Å². The summed E-state index contributed by atoms with van der Waals surface area (Å²) in [5, 5.41) is 0.669. The Labute approximate surface area is 107 Å². The number of rotatable bonds is 5. The number of thiol groups is 1. The summed E-state index contributed by atoms with van der Waals surface area (Å²) in [4.78, 5) is 0. The third kappa shape index (κ3) is 5.98. The van der Waals surface area contributed by atoms with E-state index in [9.17, 15) is 0 Å². The van der Waals surface area contributed by atoms with Crippen LogP contribution >= 0.6 is 12.6 Å². The minimum absolute atomic E-state index is 0.669. The van der Waals surface area contributed by atoms with Crippen LogP contribution in [0.4, 0.5) is 0 Å². The monoisotopic (exact) mass is 240 g/mol. The molecular weight excluding hydrogens is 212 g/mol. The second-order valence-electron chi connectivity index (χ2n) is 5.90. The molecule has 1 heteroatoms. The number of allylic oxidation sites excluding steroid dienone is 2. The van der Waals surface area contributed by atoms with E-state index in [1.54, 1.807) is 0 Å². The van der Waals surface area contributed by atoms with Crippen molar-refractivity contribution in [3.8, 4) is 0 Å². The van der Waals surface area contributed by atoms with Crippen LogP contribution in [0.2, 0.25) is 0 Å². The van der Waals surface area contributed by atoms with Crippen molar-refractivity contribution in [3.05, 3.63) is 12.2 Å². The zero-order valence-electron chi connectivity index (χ0n) is 11.2. The van der Waals surface area contributed by atoms with E-state index < -0.39 is 0 Å². The third-order valence-corrected chi connectivity index (χ3v) is 4.17. The quantitative estimate of drug-likeness (QED) is 0.501. The lowest BCUT2D eigenvalue weighted by Crippen LogP contribution is -2.12. The molecule has 1 fully saturated rings. The first kappa shape index (κ1) is 14.2. The molecule has 1 unspecified atom stereocenters. The summed E-state index contributed by atoms with van der Waals surface area (Å²) >= 11 is 4.54. The van der Waals surface area contributed by atoms with Gasteiger partial charge in [0, 0.05) is 5.25 Å². The zero-order valence-corrected chi connectivity index (χ0v) is 12.0. The summed E-state index contributed by atoms with van der Waals surface area (Å²) in [6.07, 6.45) is 12.9. The lowest BCUT2D eigenvalue weighted by molar-refractivity contribution is 0.426. The Morgan fingerprint density at radius 1 is 1.06 bits per heavy atom. The van der Waals surface area contributed by atoms with Gasteiger partial charge in [-0.3, -0.25) is 0 Å². The predicted octanol–water partition coefficient (Wildman–Crippen LogP) is 5.10. The van der Waals surface area contributed by atoms with Gasteiger partial charge in [-0.2, -0.15) is 12.6 Å². The van der Waals surface area contributed by atoms with Gasteiger partial charge in [0.25, 0.3) is 0 Å². The Morgan fingerprint density at radius 2 is 1.69 bits per heavy atom. The van der Waals surface area contributed by atoms with Gasteiger partial charge in [0.2, 0.25) is 0 Å². The summed E-state index contributed by atoms with van der Waals surface area (Å²) in [5.74, 6) is 2.44. The minimum atomic E-state index is 0.669. The molecule has 1 atom stereocenters. The fraction of sp³-hybridized carbons (Fsp3) is 0.867. The highest BCUT2D eigenvalue weighted by Crippen LogP contribution is 2.28. The summed E-state index contributed by atoms with van der Waals surface area (Å²) in [6, 6.07) is 0.